The zero-order valence-electron chi connectivity index (χ0n) is 19.1. The fourth-order valence-corrected chi connectivity index (χ4v) is 6.13. The van der Waals surface area contributed by atoms with Gasteiger partial charge in [-0.1, -0.05) is 42.5 Å². The lowest BCUT2D eigenvalue weighted by Crippen LogP contribution is -2.46. The molecule has 6 nitrogen and oxygen atoms in total. The SMILES string of the molecule is O=C(c1ccc(N2CCc3ccccc3C2)cc1)N1CCC(NS(=O)(=O)c2ccccc2)CC1. The van der Waals surface area contributed by atoms with Gasteiger partial charge in [0.2, 0.25) is 10.0 Å². The molecule has 2 aliphatic heterocycles. The van der Waals surface area contributed by atoms with Gasteiger partial charge in [-0.25, -0.2) is 13.1 Å². The fraction of sp³-hybridized carbons (Fsp3) is 0.296. The smallest absolute Gasteiger partial charge is 0.253 e. The van der Waals surface area contributed by atoms with Crippen molar-refractivity contribution in [3.05, 3.63) is 95.6 Å². The second-order valence-corrected chi connectivity index (χ2v) is 10.7. The molecule has 1 N–H and O–H groups in total. The van der Waals surface area contributed by atoms with E-state index in [-0.39, 0.29) is 16.8 Å². The maximum Gasteiger partial charge on any atom is 0.253 e. The minimum absolute atomic E-state index is 0.0000868. The topological polar surface area (TPSA) is 69.7 Å². The number of rotatable bonds is 5. The van der Waals surface area contributed by atoms with E-state index >= 15 is 0 Å². The Hall–Kier alpha value is -3.16. The Kier molecular flexibility index (Phi) is 6.39. The Balaban J connectivity index is 1.17. The first kappa shape index (κ1) is 22.6. The molecule has 0 unspecified atom stereocenters. The number of amides is 1. The van der Waals surface area contributed by atoms with Crippen LogP contribution in [0, 0.1) is 0 Å². The molecule has 34 heavy (non-hydrogen) atoms. The summed E-state index contributed by atoms with van der Waals surface area (Å²) in [6.07, 6.45) is 2.23. The van der Waals surface area contributed by atoms with E-state index in [1.54, 1.807) is 30.3 Å². The van der Waals surface area contributed by atoms with Crippen molar-refractivity contribution in [2.75, 3.05) is 24.5 Å². The maximum absolute atomic E-state index is 13.0. The maximum atomic E-state index is 13.0. The van der Waals surface area contributed by atoms with Crippen LogP contribution in [-0.4, -0.2) is 44.9 Å². The molecule has 0 aliphatic carbocycles. The van der Waals surface area contributed by atoms with Crippen LogP contribution >= 0.6 is 0 Å². The van der Waals surface area contributed by atoms with Crippen molar-refractivity contribution in [1.82, 2.24) is 9.62 Å². The van der Waals surface area contributed by atoms with Crippen LogP contribution in [0.5, 0.6) is 0 Å². The summed E-state index contributed by atoms with van der Waals surface area (Å²) in [4.78, 5) is 17.5. The van der Waals surface area contributed by atoms with Gasteiger partial charge in [-0.15, -0.1) is 0 Å². The summed E-state index contributed by atoms with van der Waals surface area (Å²) < 4.78 is 27.9. The van der Waals surface area contributed by atoms with Gasteiger partial charge in [0, 0.05) is 43.5 Å². The van der Waals surface area contributed by atoms with Gasteiger partial charge in [-0.2, -0.15) is 0 Å². The van der Waals surface area contributed by atoms with E-state index in [1.165, 1.54) is 11.1 Å². The zero-order chi connectivity index (χ0) is 23.5. The van der Waals surface area contributed by atoms with E-state index in [0.717, 1.165) is 25.2 Å². The minimum atomic E-state index is -3.54. The summed E-state index contributed by atoms with van der Waals surface area (Å²) >= 11 is 0. The molecular formula is C27H29N3O3S. The Morgan fingerprint density at radius 3 is 2.15 bits per heavy atom. The Morgan fingerprint density at radius 2 is 1.44 bits per heavy atom. The molecule has 7 heteroatoms. The lowest BCUT2D eigenvalue weighted by molar-refractivity contribution is 0.0711. The van der Waals surface area contributed by atoms with Crippen LogP contribution in [0.2, 0.25) is 0 Å². The Morgan fingerprint density at radius 1 is 0.794 bits per heavy atom. The van der Waals surface area contributed by atoms with Crippen LogP contribution in [0.1, 0.15) is 34.3 Å². The van der Waals surface area contributed by atoms with Crippen molar-refractivity contribution in [1.29, 1.82) is 0 Å². The molecule has 176 valence electrons. The lowest BCUT2D eigenvalue weighted by Gasteiger charge is -2.33. The van der Waals surface area contributed by atoms with E-state index in [2.05, 4.69) is 33.9 Å². The molecule has 0 aromatic heterocycles. The van der Waals surface area contributed by atoms with Crippen LogP contribution in [0.25, 0.3) is 0 Å². The molecule has 2 heterocycles. The largest absolute Gasteiger partial charge is 0.367 e. The molecular weight excluding hydrogens is 446 g/mol. The average Bonchev–Trinajstić information content (AvgIpc) is 2.89. The fourth-order valence-electron chi connectivity index (χ4n) is 4.80. The Bertz CT molecular complexity index is 1250. The van der Waals surface area contributed by atoms with Gasteiger partial charge >= 0.3 is 0 Å². The number of piperidine rings is 1. The molecule has 0 atom stereocenters. The normalized spacial score (nSPS) is 16.8. The summed E-state index contributed by atoms with van der Waals surface area (Å²) in [7, 11) is -3.54. The lowest BCUT2D eigenvalue weighted by atomic mass is 9.99. The summed E-state index contributed by atoms with van der Waals surface area (Å²) in [5.74, 6) is -0.0000868. The number of nitrogens with zero attached hydrogens (tertiary/aromatic N) is 2. The molecule has 0 saturated carbocycles. The van der Waals surface area contributed by atoms with Crippen molar-refractivity contribution in [2.24, 2.45) is 0 Å². The van der Waals surface area contributed by atoms with Gasteiger partial charge in [0.05, 0.1) is 4.90 Å². The zero-order valence-corrected chi connectivity index (χ0v) is 19.9. The molecule has 0 spiro atoms. The molecule has 5 rings (SSSR count). The molecule has 0 radical (unpaired) electrons. The highest BCUT2D eigenvalue weighted by molar-refractivity contribution is 7.89. The van der Waals surface area contributed by atoms with Gasteiger partial charge in [0.25, 0.3) is 5.91 Å². The van der Waals surface area contributed by atoms with Crippen LogP contribution in [0.15, 0.2) is 83.8 Å². The minimum Gasteiger partial charge on any atom is -0.367 e. The van der Waals surface area contributed by atoms with Gasteiger partial charge < -0.3 is 9.80 Å². The van der Waals surface area contributed by atoms with E-state index in [0.29, 0.717) is 31.5 Å². The van der Waals surface area contributed by atoms with E-state index in [4.69, 9.17) is 0 Å². The van der Waals surface area contributed by atoms with Crippen LogP contribution < -0.4 is 9.62 Å². The van der Waals surface area contributed by atoms with Gasteiger partial charge in [0.15, 0.2) is 0 Å². The quantitative estimate of drug-likeness (QED) is 0.609. The number of hydrogen-bond acceptors (Lipinski definition) is 4. The first-order valence-corrected chi connectivity index (χ1v) is 13.3. The first-order valence-electron chi connectivity index (χ1n) is 11.8. The summed E-state index contributed by atoms with van der Waals surface area (Å²) in [5, 5.41) is 0. The van der Waals surface area contributed by atoms with Crippen LogP contribution in [0.4, 0.5) is 5.69 Å². The highest BCUT2D eigenvalue weighted by Crippen LogP contribution is 2.25. The number of carbonyl (C=O) groups excluding carboxylic acids is 1. The average molecular weight is 476 g/mol. The molecule has 0 bridgehead atoms. The Labute approximate surface area is 201 Å². The summed E-state index contributed by atoms with van der Waals surface area (Å²) in [6.45, 7) is 2.92. The predicted molar refractivity (Wildman–Crippen MR) is 133 cm³/mol. The van der Waals surface area contributed by atoms with Crippen molar-refractivity contribution >= 4 is 21.6 Å². The third-order valence-electron chi connectivity index (χ3n) is 6.77. The number of carbonyl (C=O) groups is 1. The first-order chi connectivity index (χ1) is 16.5. The van der Waals surface area contributed by atoms with Crippen molar-refractivity contribution in [3.63, 3.8) is 0 Å². The van der Waals surface area contributed by atoms with Gasteiger partial charge in [0.1, 0.15) is 0 Å². The standard InChI is InChI=1S/C27H29N3O3S/c31-27(29-18-15-24(16-19-29)28-34(32,33)26-8-2-1-3-9-26)22-10-12-25(13-11-22)30-17-14-21-6-4-5-7-23(21)20-30/h1-13,24,28H,14-20H2. The number of fused-ring (bicyclic) bond motifs is 1. The van der Waals surface area contributed by atoms with Crippen LogP contribution in [-0.2, 0) is 23.0 Å². The van der Waals surface area contributed by atoms with E-state index in [9.17, 15) is 13.2 Å². The van der Waals surface area contributed by atoms with Gasteiger partial charge in [-0.3, -0.25) is 4.79 Å². The van der Waals surface area contributed by atoms with E-state index < -0.39 is 10.0 Å². The van der Waals surface area contributed by atoms with Gasteiger partial charge in [-0.05, 0) is 66.8 Å². The molecule has 1 amide bonds. The highest BCUT2D eigenvalue weighted by Gasteiger charge is 2.27. The molecule has 1 fully saturated rings. The van der Waals surface area contributed by atoms with Crippen molar-refractivity contribution < 1.29 is 13.2 Å². The van der Waals surface area contributed by atoms with Crippen molar-refractivity contribution in [3.8, 4) is 0 Å². The highest BCUT2D eigenvalue weighted by atomic mass is 32.2. The number of nitrogens with one attached hydrogen (secondary N) is 1. The van der Waals surface area contributed by atoms with E-state index in [1.807, 2.05) is 29.2 Å². The molecule has 1 saturated heterocycles. The predicted octanol–water partition coefficient (Wildman–Crippen LogP) is 3.83. The van der Waals surface area contributed by atoms with Crippen LogP contribution in [0.3, 0.4) is 0 Å². The molecule has 3 aromatic rings. The summed E-state index contributed by atoms with van der Waals surface area (Å²) in [5.41, 5.74) is 4.57. The number of benzene rings is 3. The number of hydrogen-bond donors (Lipinski definition) is 1. The third kappa shape index (κ3) is 4.86. The number of anilines is 1. The number of likely N-dealkylation sites (tertiary alicyclic amines) is 1. The molecule has 3 aromatic carbocycles. The third-order valence-corrected chi connectivity index (χ3v) is 8.30. The number of sulfonamides is 1. The monoisotopic (exact) mass is 475 g/mol. The molecule has 2 aliphatic rings. The summed E-state index contributed by atoms with van der Waals surface area (Å²) in [6, 6.07) is 24.7. The second kappa shape index (κ2) is 9.60. The second-order valence-electron chi connectivity index (χ2n) is 8.99. The van der Waals surface area contributed by atoms with Crippen molar-refractivity contribution in [2.45, 2.75) is 36.7 Å².